The molecule has 0 unspecified atom stereocenters. The van der Waals surface area contributed by atoms with Crippen molar-refractivity contribution in [2.45, 2.75) is 6.54 Å². The van der Waals surface area contributed by atoms with E-state index in [0.29, 0.717) is 18.2 Å². The van der Waals surface area contributed by atoms with Gasteiger partial charge in [-0.25, -0.2) is 4.98 Å². The van der Waals surface area contributed by atoms with E-state index < -0.39 is 0 Å². The smallest absolute Gasteiger partial charge is 0.208 e. The molecule has 0 saturated heterocycles. The van der Waals surface area contributed by atoms with Gasteiger partial charge in [-0.1, -0.05) is 0 Å². The average molecular weight is 243 g/mol. The molecule has 5 heteroatoms. The molecule has 0 radical (unpaired) electrons. The van der Waals surface area contributed by atoms with Crippen LogP contribution in [0, 0.1) is 0 Å². The van der Waals surface area contributed by atoms with Crippen LogP contribution in [-0.2, 0) is 6.54 Å². The van der Waals surface area contributed by atoms with Gasteiger partial charge in [0, 0.05) is 17.0 Å². The van der Waals surface area contributed by atoms with Crippen molar-refractivity contribution in [2.24, 2.45) is 5.73 Å². The first kappa shape index (κ1) is 10.9. The van der Waals surface area contributed by atoms with E-state index in [0.717, 1.165) is 22.3 Å². The third-order valence-electron chi connectivity index (χ3n) is 2.82. The Bertz CT molecular complexity index is 684. The van der Waals surface area contributed by atoms with Crippen LogP contribution in [0.3, 0.4) is 0 Å². The molecule has 0 aliphatic rings. The molecule has 0 fully saturated rings. The zero-order chi connectivity index (χ0) is 12.5. The number of hydrogen-bond donors (Lipinski definition) is 2. The number of benzene rings is 1. The fourth-order valence-corrected chi connectivity index (χ4v) is 1.90. The van der Waals surface area contributed by atoms with Gasteiger partial charge in [0.05, 0.1) is 25.5 Å². The topological polar surface area (TPSA) is 77.1 Å². The van der Waals surface area contributed by atoms with Crippen LogP contribution in [0.4, 0.5) is 0 Å². The van der Waals surface area contributed by atoms with Gasteiger partial charge in [-0.05, 0) is 18.2 Å². The Morgan fingerprint density at radius 2 is 2.28 bits per heavy atom. The monoisotopic (exact) mass is 243 g/mol. The van der Waals surface area contributed by atoms with E-state index in [2.05, 4.69) is 9.97 Å². The minimum atomic E-state index is 0.300. The SMILES string of the molecule is COc1ccc2cc(-c3cnc(CN)o3)[nH]c2c1. The molecule has 18 heavy (non-hydrogen) atoms. The van der Waals surface area contributed by atoms with Gasteiger partial charge in [-0.15, -0.1) is 0 Å². The van der Waals surface area contributed by atoms with Gasteiger partial charge < -0.3 is 19.9 Å². The first-order valence-electron chi connectivity index (χ1n) is 5.62. The molecule has 92 valence electrons. The molecule has 3 rings (SSSR count). The molecule has 0 aliphatic heterocycles. The van der Waals surface area contributed by atoms with Crippen molar-refractivity contribution in [1.29, 1.82) is 0 Å². The largest absolute Gasteiger partial charge is 0.497 e. The number of hydrogen-bond acceptors (Lipinski definition) is 4. The third kappa shape index (κ3) is 1.74. The number of ether oxygens (including phenoxy) is 1. The molecule has 0 atom stereocenters. The number of rotatable bonds is 3. The Hall–Kier alpha value is -2.27. The maximum absolute atomic E-state index is 5.51. The number of nitrogens with two attached hydrogens (primary N) is 1. The molecule has 0 aliphatic carbocycles. The van der Waals surface area contributed by atoms with Crippen LogP contribution in [0.15, 0.2) is 34.9 Å². The fraction of sp³-hybridized carbons (Fsp3) is 0.154. The van der Waals surface area contributed by atoms with Crippen LogP contribution < -0.4 is 10.5 Å². The zero-order valence-corrected chi connectivity index (χ0v) is 9.93. The summed E-state index contributed by atoms with van der Waals surface area (Å²) in [6, 6.07) is 7.87. The van der Waals surface area contributed by atoms with Crippen LogP contribution in [0.2, 0.25) is 0 Å². The van der Waals surface area contributed by atoms with Crippen LogP contribution in [-0.4, -0.2) is 17.1 Å². The molecular formula is C13H13N3O2. The van der Waals surface area contributed by atoms with Crippen molar-refractivity contribution < 1.29 is 9.15 Å². The highest BCUT2D eigenvalue weighted by atomic mass is 16.5. The number of aromatic nitrogens is 2. The van der Waals surface area contributed by atoms with Crippen LogP contribution in [0.25, 0.3) is 22.4 Å². The maximum Gasteiger partial charge on any atom is 0.208 e. The second kappa shape index (κ2) is 4.19. The molecular weight excluding hydrogens is 230 g/mol. The van der Waals surface area contributed by atoms with Crippen LogP contribution in [0.5, 0.6) is 5.75 Å². The van der Waals surface area contributed by atoms with Crippen molar-refractivity contribution >= 4 is 10.9 Å². The maximum atomic E-state index is 5.51. The van der Waals surface area contributed by atoms with Crippen molar-refractivity contribution in [1.82, 2.24) is 9.97 Å². The van der Waals surface area contributed by atoms with E-state index in [9.17, 15) is 0 Å². The number of methoxy groups -OCH3 is 1. The molecule has 3 N–H and O–H groups in total. The zero-order valence-electron chi connectivity index (χ0n) is 9.93. The van der Waals surface area contributed by atoms with E-state index in [-0.39, 0.29) is 0 Å². The predicted octanol–water partition coefficient (Wildman–Crippen LogP) is 2.29. The van der Waals surface area contributed by atoms with Crippen LogP contribution >= 0.6 is 0 Å². The summed E-state index contributed by atoms with van der Waals surface area (Å²) in [6.07, 6.45) is 1.67. The lowest BCUT2D eigenvalue weighted by Gasteiger charge is -1.97. The normalized spacial score (nSPS) is 11.0. The summed E-state index contributed by atoms with van der Waals surface area (Å²) in [6.45, 7) is 0.300. The number of nitrogens with one attached hydrogen (secondary N) is 1. The van der Waals surface area contributed by atoms with Gasteiger partial charge >= 0.3 is 0 Å². The van der Waals surface area contributed by atoms with E-state index in [1.165, 1.54) is 0 Å². The Labute approximate surface area is 104 Å². The van der Waals surface area contributed by atoms with Crippen molar-refractivity contribution in [2.75, 3.05) is 7.11 Å². The Kier molecular flexibility index (Phi) is 2.53. The third-order valence-corrected chi connectivity index (χ3v) is 2.82. The summed E-state index contributed by atoms with van der Waals surface area (Å²) in [4.78, 5) is 7.35. The number of nitrogens with zero attached hydrogens (tertiary/aromatic N) is 1. The standard InChI is InChI=1S/C13H13N3O2/c1-17-9-3-2-8-4-11(16-10(8)5-9)12-7-15-13(6-14)18-12/h2-5,7,16H,6,14H2,1H3. The van der Waals surface area contributed by atoms with Crippen molar-refractivity contribution in [3.05, 3.63) is 36.4 Å². The highest BCUT2D eigenvalue weighted by Crippen LogP contribution is 2.27. The molecule has 2 aromatic heterocycles. The molecule has 1 aromatic carbocycles. The number of aromatic amines is 1. The summed E-state index contributed by atoms with van der Waals surface area (Å²) >= 11 is 0. The summed E-state index contributed by atoms with van der Waals surface area (Å²) in [7, 11) is 1.65. The van der Waals surface area contributed by atoms with Crippen molar-refractivity contribution in [3.8, 4) is 17.2 Å². The first-order chi connectivity index (χ1) is 8.80. The summed E-state index contributed by atoms with van der Waals surface area (Å²) in [5.41, 5.74) is 7.35. The molecule has 0 spiro atoms. The lowest BCUT2D eigenvalue weighted by molar-refractivity contribution is 0.415. The van der Waals surface area contributed by atoms with Gasteiger partial charge in [-0.3, -0.25) is 0 Å². The highest BCUT2D eigenvalue weighted by Gasteiger charge is 2.09. The second-order valence-electron chi connectivity index (χ2n) is 3.96. The minimum Gasteiger partial charge on any atom is -0.497 e. The molecule has 0 bridgehead atoms. The van der Waals surface area contributed by atoms with E-state index in [1.807, 2.05) is 24.3 Å². The van der Waals surface area contributed by atoms with Gasteiger partial charge in [-0.2, -0.15) is 0 Å². The average Bonchev–Trinajstić information content (AvgIpc) is 3.03. The van der Waals surface area contributed by atoms with Gasteiger partial charge in [0.2, 0.25) is 5.89 Å². The summed E-state index contributed by atoms with van der Waals surface area (Å²) in [5, 5.41) is 1.09. The predicted molar refractivity (Wildman–Crippen MR) is 68.2 cm³/mol. The van der Waals surface area contributed by atoms with Gasteiger partial charge in [0.1, 0.15) is 5.75 Å². The van der Waals surface area contributed by atoms with E-state index >= 15 is 0 Å². The lowest BCUT2D eigenvalue weighted by atomic mass is 10.2. The number of H-pyrrole nitrogens is 1. The Balaban J connectivity index is 2.07. The Morgan fingerprint density at radius 3 is 3.00 bits per heavy atom. The van der Waals surface area contributed by atoms with Crippen LogP contribution in [0.1, 0.15) is 5.89 Å². The molecule has 2 heterocycles. The lowest BCUT2D eigenvalue weighted by Crippen LogP contribution is -1.94. The fourth-order valence-electron chi connectivity index (χ4n) is 1.90. The quantitative estimate of drug-likeness (QED) is 0.739. The minimum absolute atomic E-state index is 0.300. The highest BCUT2D eigenvalue weighted by molar-refractivity contribution is 5.86. The molecule has 0 saturated carbocycles. The molecule has 5 nitrogen and oxygen atoms in total. The second-order valence-corrected chi connectivity index (χ2v) is 3.96. The van der Waals surface area contributed by atoms with E-state index in [1.54, 1.807) is 13.3 Å². The molecule has 0 amide bonds. The van der Waals surface area contributed by atoms with Gasteiger partial charge in [0.15, 0.2) is 5.76 Å². The van der Waals surface area contributed by atoms with Crippen molar-refractivity contribution in [3.63, 3.8) is 0 Å². The van der Waals surface area contributed by atoms with Gasteiger partial charge in [0.25, 0.3) is 0 Å². The molecule has 3 aromatic rings. The first-order valence-corrected chi connectivity index (χ1v) is 5.62. The van der Waals surface area contributed by atoms with E-state index in [4.69, 9.17) is 14.9 Å². The Morgan fingerprint density at radius 1 is 1.39 bits per heavy atom. The summed E-state index contributed by atoms with van der Waals surface area (Å²) in [5.74, 6) is 2.03. The number of fused-ring (bicyclic) bond motifs is 1. The number of oxazole rings is 1. The summed E-state index contributed by atoms with van der Waals surface area (Å²) < 4.78 is 10.7.